The smallest absolute Gasteiger partial charge is 0.0893 e. The SMILES string of the molecule is CCC(=COC=C(CC)CC)CC.CCC(CC)(CO)CO. The fraction of sp³-hybridized carbons (Fsp3) is 0.789. The molecule has 3 heteroatoms. The molecule has 0 saturated heterocycles. The minimum absolute atomic E-state index is 0.0938. The maximum atomic E-state index is 8.82. The van der Waals surface area contributed by atoms with Crippen molar-refractivity contribution >= 4 is 0 Å². The van der Waals surface area contributed by atoms with Crippen LogP contribution in [-0.2, 0) is 4.74 Å². The van der Waals surface area contributed by atoms with E-state index in [0.29, 0.717) is 0 Å². The summed E-state index contributed by atoms with van der Waals surface area (Å²) in [4.78, 5) is 0. The van der Waals surface area contributed by atoms with Crippen LogP contribution in [0.25, 0.3) is 0 Å². The van der Waals surface area contributed by atoms with Gasteiger partial charge in [-0.3, -0.25) is 0 Å². The maximum Gasteiger partial charge on any atom is 0.0893 e. The number of hydrogen-bond donors (Lipinski definition) is 2. The highest BCUT2D eigenvalue weighted by Gasteiger charge is 2.23. The normalized spacial score (nSPS) is 10.4. The lowest BCUT2D eigenvalue weighted by Gasteiger charge is -2.25. The predicted molar refractivity (Wildman–Crippen MR) is 95.6 cm³/mol. The molecule has 0 saturated carbocycles. The molecule has 0 heterocycles. The van der Waals surface area contributed by atoms with E-state index < -0.39 is 0 Å². The van der Waals surface area contributed by atoms with E-state index in [0.717, 1.165) is 38.5 Å². The Morgan fingerprint density at radius 2 is 1.05 bits per heavy atom. The van der Waals surface area contributed by atoms with E-state index in [1.165, 1.54) is 11.1 Å². The van der Waals surface area contributed by atoms with Crippen LogP contribution in [0.15, 0.2) is 23.7 Å². The number of aliphatic hydroxyl groups is 2. The number of rotatable bonds is 10. The topological polar surface area (TPSA) is 49.7 Å². The third-order valence-corrected chi connectivity index (χ3v) is 4.46. The summed E-state index contributed by atoms with van der Waals surface area (Å²) in [6.45, 7) is 12.8. The zero-order chi connectivity index (χ0) is 17.4. The molecule has 0 rings (SSSR count). The van der Waals surface area contributed by atoms with Gasteiger partial charge >= 0.3 is 0 Å². The lowest BCUT2D eigenvalue weighted by Crippen LogP contribution is -2.27. The molecule has 3 nitrogen and oxygen atoms in total. The molecule has 0 fully saturated rings. The second-order valence-corrected chi connectivity index (χ2v) is 5.63. The van der Waals surface area contributed by atoms with Gasteiger partial charge in [0, 0.05) is 5.41 Å². The highest BCUT2D eigenvalue weighted by Crippen LogP contribution is 2.23. The third-order valence-electron chi connectivity index (χ3n) is 4.46. The lowest BCUT2D eigenvalue weighted by atomic mass is 9.84. The zero-order valence-electron chi connectivity index (χ0n) is 15.6. The fourth-order valence-corrected chi connectivity index (χ4v) is 1.81. The molecule has 0 amide bonds. The summed E-state index contributed by atoms with van der Waals surface area (Å²) >= 11 is 0. The minimum atomic E-state index is -0.222. The number of allylic oxidation sites excluding steroid dienone is 2. The molecule has 0 aromatic heterocycles. The highest BCUT2D eigenvalue weighted by molar-refractivity contribution is 5.00. The van der Waals surface area contributed by atoms with Crippen LogP contribution in [0.1, 0.15) is 80.1 Å². The van der Waals surface area contributed by atoms with Gasteiger partial charge in [-0.1, -0.05) is 41.5 Å². The van der Waals surface area contributed by atoms with Gasteiger partial charge in [-0.25, -0.2) is 0 Å². The van der Waals surface area contributed by atoms with Gasteiger partial charge in [0.05, 0.1) is 25.7 Å². The molecule has 0 unspecified atom stereocenters. The second kappa shape index (κ2) is 15.1. The van der Waals surface area contributed by atoms with Crippen molar-refractivity contribution < 1.29 is 14.9 Å². The lowest BCUT2D eigenvalue weighted by molar-refractivity contribution is 0.0480. The molecule has 0 aromatic carbocycles. The van der Waals surface area contributed by atoms with Crippen molar-refractivity contribution in [1.29, 1.82) is 0 Å². The first-order valence-electron chi connectivity index (χ1n) is 8.75. The first-order valence-corrected chi connectivity index (χ1v) is 8.75. The Morgan fingerprint density at radius 3 is 1.18 bits per heavy atom. The molecule has 0 aliphatic rings. The van der Waals surface area contributed by atoms with Crippen LogP contribution >= 0.6 is 0 Å². The van der Waals surface area contributed by atoms with Crippen LogP contribution in [0.3, 0.4) is 0 Å². The Hall–Kier alpha value is -0.800. The van der Waals surface area contributed by atoms with Crippen molar-refractivity contribution in [2.75, 3.05) is 13.2 Å². The van der Waals surface area contributed by atoms with Crippen molar-refractivity contribution in [3.05, 3.63) is 23.7 Å². The van der Waals surface area contributed by atoms with Gasteiger partial charge < -0.3 is 14.9 Å². The molecule has 0 aromatic rings. The largest absolute Gasteiger partial charge is 0.473 e. The van der Waals surface area contributed by atoms with Crippen molar-refractivity contribution in [2.45, 2.75) is 80.1 Å². The van der Waals surface area contributed by atoms with E-state index in [9.17, 15) is 0 Å². The van der Waals surface area contributed by atoms with Crippen LogP contribution in [-0.4, -0.2) is 23.4 Å². The summed E-state index contributed by atoms with van der Waals surface area (Å²) in [5.41, 5.74) is 2.51. The highest BCUT2D eigenvalue weighted by atomic mass is 16.5. The van der Waals surface area contributed by atoms with E-state index in [2.05, 4.69) is 27.7 Å². The quantitative estimate of drug-likeness (QED) is 0.546. The van der Waals surface area contributed by atoms with Crippen LogP contribution in [0.5, 0.6) is 0 Å². The van der Waals surface area contributed by atoms with E-state index in [1.807, 2.05) is 26.4 Å². The van der Waals surface area contributed by atoms with E-state index in [1.54, 1.807) is 0 Å². The maximum absolute atomic E-state index is 8.82. The Kier molecular flexibility index (Phi) is 16.1. The van der Waals surface area contributed by atoms with Crippen molar-refractivity contribution in [2.24, 2.45) is 5.41 Å². The van der Waals surface area contributed by atoms with Gasteiger partial charge in [0.15, 0.2) is 0 Å². The number of ether oxygens (including phenoxy) is 1. The zero-order valence-corrected chi connectivity index (χ0v) is 15.6. The summed E-state index contributed by atoms with van der Waals surface area (Å²) in [5, 5.41) is 17.6. The third kappa shape index (κ3) is 10.0. The molecule has 0 spiro atoms. The van der Waals surface area contributed by atoms with Gasteiger partial charge in [0.2, 0.25) is 0 Å². The van der Waals surface area contributed by atoms with Crippen molar-refractivity contribution in [3.63, 3.8) is 0 Å². The Balaban J connectivity index is 0. The first kappa shape index (κ1) is 23.5. The van der Waals surface area contributed by atoms with Crippen LogP contribution in [0.2, 0.25) is 0 Å². The summed E-state index contributed by atoms with van der Waals surface area (Å²) in [6, 6.07) is 0. The van der Waals surface area contributed by atoms with Gasteiger partial charge in [0.1, 0.15) is 0 Å². The standard InChI is InChI=1S/C12H22O.C7H16O2/c1-5-11(6-2)9-13-10-12(7-3)8-4;1-3-7(4-2,5-8)6-9/h9-10H,5-8H2,1-4H3;8-9H,3-6H2,1-2H3. The molecule has 0 bridgehead atoms. The summed E-state index contributed by atoms with van der Waals surface area (Å²) < 4.78 is 5.40. The molecule has 0 aliphatic heterocycles. The Bertz CT molecular complexity index is 252. The van der Waals surface area contributed by atoms with Crippen molar-refractivity contribution in [3.8, 4) is 0 Å². The molecule has 22 heavy (non-hydrogen) atoms. The predicted octanol–water partition coefficient (Wildman–Crippen LogP) is 5.19. The molecule has 2 N–H and O–H groups in total. The van der Waals surface area contributed by atoms with E-state index in [4.69, 9.17) is 14.9 Å². The number of hydrogen-bond acceptors (Lipinski definition) is 3. The summed E-state index contributed by atoms with van der Waals surface area (Å²) in [6.07, 6.45) is 9.77. The average Bonchev–Trinajstić information content (AvgIpc) is 2.58. The Labute approximate surface area is 138 Å². The molecule has 0 radical (unpaired) electrons. The average molecular weight is 315 g/mol. The van der Waals surface area contributed by atoms with E-state index >= 15 is 0 Å². The molecule has 132 valence electrons. The van der Waals surface area contributed by atoms with Gasteiger partial charge in [-0.2, -0.15) is 0 Å². The second-order valence-electron chi connectivity index (χ2n) is 5.63. The monoisotopic (exact) mass is 314 g/mol. The minimum Gasteiger partial charge on any atom is -0.473 e. The molecule has 0 aliphatic carbocycles. The van der Waals surface area contributed by atoms with Crippen LogP contribution in [0.4, 0.5) is 0 Å². The summed E-state index contributed by atoms with van der Waals surface area (Å²) in [7, 11) is 0. The van der Waals surface area contributed by atoms with Gasteiger partial charge in [-0.05, 0) is 49.7 Å². The van der Waals surface area contributed by atoms with Crippen LogP contribution in [0, 0.1) is 5.41 Å². The van der Waals surface area contributed by atoms with Gasteiger partial charge in [-0.15, -0.1) is 0 Å². The first-order chi connectivity index (χ1) is 10.5. The van der Waals surface area contributed by atoms with Crippen molar-refractivity contribution in [1.82, 2.24) is 0 Å². The Morgan fingerprint density at radius 1 is 0.727 bits per heavy atom. The van der Waals surface area contributed by atoms with Gasteiger partial charge in [0.25, 0.3) is 0 Å². The number of aliphatic hydroxyl groups excluding tert-OH is 2. The molecular weight excluding hydrogens is 276 g/mol. The van der Waals surface area contributed by atoms with Crippen LogP contribution < -0.4 is 0 Å². The fourth-order valence-electron chi connectivity index (χ4n) is 1.81. The molecular formula is C19H38O3. The summed E-state index contributed by atoms with van der Waals surface area (Å²) in [5.74, 6) is 0. The van der Waals surface area contributed by atoms with E-state index in [-0.39, 0.29) is 18.6 Å². The molecule has 0 atom stereocenters.